The number of nitrogens with zero attached hydrogens (tertiary/aromatic N) is 6. The Hall–Kier alpha value is -2.54. The summed E-state index contributed by atoms with van der Waals surface area (Å²) < 4.78 is 0. The van der Waals surface area contributed by atoms with Crippen LogP contribution in [0.5, 0.6) is 0 Å². The minimum Gasteiger partial charge on any atom is -0.352 e. The minimum absolute atomic E-state index is 0.0440. The molecule has 0 aromatic carbocycles. The predicted octanol–water partition coefficient (Wildman–Crippen LogP) is 3.34. The molecular weight excluding hydrogens is 388 g/mol. The number of hydrogen-bond donors (Lipinski definition) is 0. The van der Waals surface area contributed by atoms with E-state index in [0.717, 1.165) is 69.2 Å². The van der Waals surface area contributed by atoms with Crippen molar-refractivity contribution < 1.29 is 4.79 Å². The van der Waals surface area contributed by atoms with Crippen LogP contribution in [0.2, 0.25) is 0 Å². The van der Waals surface area contributed by atoms with E-state index in [4.69, 9.17) is 4.98 Å². The van der Waals surface area contributed by atoms with E-state index in [-0.39, 0.29) is 5.78 Å². The zero-order chi connectivity index (χ0) is 21.8. The van der Waals surface area contributed by atoms with Gasteiger partial charge < -0.3 is 9.80 Å². The fourth-order valence-electron chi connectivity index (χ4n) is 4.47. The molecule has 5 rings (SSSR count). The standard InChI is InChI=1S/C22H28N6O.C2H6/c1-16(29)17-5-6-21(23-13-17)28-8-7-20-18(15-28)14-24-22(25-20)27-11-9-26(10-12-27)19-3-2-4-19;1-2/h5-6,13-14,19H,2-4,7-12,15H2,1H3;1-2H3. The number of carbonyl (C=O) groups excluding carboxylic acids is 1. The van der Waals surface area contributed by atoms with Gasteiger partial charge in [0, 0.05) is 75.3 Å². The molecular formula is C24H34N6O. The summed E-state index contributed by atoms with van der Waals surface area (Å²) in [7, 11) is 0. The highest BCUT2D eigenvalue weighted by molar-refractivity contribution is 5.93. The number of carbonyl (C=O) groups is 1. The molecule has 2 fully saturated rings. The van der Waals surface area contributed by atoms with Crippen molar-refractivity contribution in [2.75, 3.05) is 42.5 Å². The Morgan fingerprint density at radius 3 is 2.35 bits per heavy atom. The zero-order valence-electron chi connectivity index (χ0n) is 19.0. The molecule has 7 heteroatoms. The van der Waals surface area contributed by atoms with Crippen LogP contribution in [0.1, 0.15) is 61.6 Å². The van der Waals surface area contributed by atoms with Gasteiger partial charge in [-0.1, -0.05) is 20.3 Å². The van der Waals surface area contributed by atoms with Gasteiger partial charge in [0.05, 0.1) is 5.69 Å². The molecule has 7 nitrogen and oxygen atoms in total. The normalized spacial score (nSPS) is 19.2. The van der Waals surface area contributed by atoms with Gasteiger partial charge in [-0.05, 0) is 31.9 Å². The Morgan fingerprint density at radius 2 is 1.74 bits per heavy atom. The Morgan fingerprint density at radius 1 is 0.968 bits per heavy atom. The molecule has 0 atom stereocenters. The second-order valence-corrected chi connectivity index (χ2v) is 8.38. The molecule has 2 aliphatic heterocycles. The smallest absolute Gasteiger partial charge is 0.225 e. The van der Waals surface area contributed by atoms with Crippen molar-refractivity contribution in [1.82, 2.24) is 19.9 Å². The summed E-state index contributed by atoms with van der Waals surface area (Å²) >= 11 is 0. The average Bonchev–Trinajstić information content (AvgIpc) is 2.79. The number of rotatable bonds is 4. The van der Waals surface area contributed by atoms with E-state index >= 15 is 0 Å². The number of Topliss-reactive ketones (excluding diaryl/α,β-unsaturated/α-hetero) is 1. The van der Waals surface area contributed by atoms with Gasteiger partial charge in [0.1, 0.15) is 5.82 Å². The maximum absolute atomic E-state index is 11.5. The first-order valence-electron chi connectivity index (χ1n) is 11.7. The highest BCUT2D eigenvalue weighted by Crippen LogP contribution is 2.27. The number of hydrogen-bond acceptors (Lipinski definition) is 7. The van der Waals surface area contributed by atoms with Crippen LogP contribution in [0.3, 0.4) is 0 Å². The quantitative estimate of drug-likeness (QED) is 0.700. The number of aromatic nitrogens is 3. The lowest BCUT2D eigenvalue weighted by molar-refractivity contribution is 0.101. The third kappa shape index (κ3) is 4.71. The summed E-state index contributed by atoms with van der Waals surface area (Å²) in [5, 5.41) is 0. The van der Waals surface area contributed by atoms with E-state index in [2.05, 4.69) is 24.7 Å². The van der Waals surface area contributed by atoms with Gasteiger partial charge in [-0.15, -0.1) is 0 Å². The fraction of sp³-hybridized carbons (Fsp3) is 0.583. The van der Waals surface area contributed by atoms with Crippen molar-refractivity contribution in [2.24, 2.45) is 0 Å². The largest absolute Gasteiger partial charge is 0.352 e. The summed E-state index contributed by atoms with van der Waals surface area (Å²) in [4.78, 5) is 32.7. The number of fused-ring (bicyclic) bond motifs is 1. The lowest BCUT2D eigenvalue weighted by Crippen LogP contribution is -2.52. The topological polar surface area (TPSA) is 65.5 Å². The van der Waals surface area contributed by atoms with Gasteiger partial charge in [0.2, 0.25) is 5.95 Å². The van der Waals surface area contributed by atoms with Crippen molar-refractivity contribution in [3.63, 3.8) is 0 Å². The molecule has 0 radical (unpaired) electrons. The first-order valence-corrected chi connectivity index (χ1v) is 11.7. The molecule has 3 aliphatic rings. The first kappa shape index (κ1) is 21.7. The SMILES string of the molecule is CC.CC(=O)c1ccc(N2CCc3nc(N4CCN(C5CCC5)CC4)ncc3C2)nc1. The monoisotopic (exact) mass is 422 g/mol. The Labute approximate surface area is 185 Å². The van der Waals surface area contributed by atoms with Crippen LogP contribution in [-0.2, 0) is 13.0 Å². The minimum atomic E-state index is 0.0440. The van der Waals surface area contributed by atoms with Gasteiger partial charge in [0.25, 0.3) is 0 Å². The molecule has 1 saturated heterocycles. The summed E-state index contributed by atoms with van der Waals surface area (Å²) in [5.41, 5.74) is 2.98. The summed E-state index contributed by atoms with van der Waals surface area (Å²) in [6, 6.07) is 4.60. The van der Waals surface area contributed by atoms with Gasteiger partial charge in [-0.25, -0.2) is 15.0 Å². The molecule has 1 aliphatic carbocycles. The summed E-state index contributed by atoms with van der Waals surface area (Å²) in [6.07, 6.45) is 8.69. The molecule has 0 bridgehead atoms. The highest BCUT2D eigenvalue weighted by Gasteiger charge is 2.29. The van der Waals surface area contributed by atoms with E-state index in [9.17, 15) is 4.79 Å². The third-order valence-electron chi connectivity index (χ3n) is 6.59. The molecule has 4 heterocycles. The Kier molecular flexibility index (Phi) is 6.80. The Bertz CT molecular complexity index is 887. The summed E-state index contributed by atoms with van der Waals surface area (Å²) in [6.45, 7) is 11.5. The molecule has 166 valence electrons. The van der Waals surface area contributed by atoms with Crippen molar-refractivity contribution in [3.8, 4) is 0 Å². The van der Waals surface area contributed by atoms with Crippen molar-refractivity contribution in [2.45, 2.75) is 59.0 Å². The van der Waals surface area contributed by atoms with Crippen LogP contribution < -0.4 is 9.80 Å². The molecule has 31 heavy (non-hydrogen) atoms. The maximum Gasteiger partial charge on any atom is 0.225 e. The van der Waals surface area contributed by atoms with Crippen LogP contribution in [-0.4, -0.2) is 64.4 Å². The molecule has 0 spiro atoms. The zero-order valence-corrected chi connectivity index (χ0v) is 19.0. The number of anilines is 2. The molecule has 1 saturated carbocycles. The second-order valence-electron chi connectivity index (χ2n) is 8.38. The molecule has 0 amide bonds. The van der Waals surface area contributed by atoms with Gasteiger partial charge in [-0.3, -0.25) is 9.69 Å². The number of ketones is 1. The summed E-state index contributed by atoms with van der Waals surface area (Å²) in [5.74, 6) is 1.83. The first-order chi connectivity index (χ1) is 15.2. The lowest BCUT2D eigenvalue weighted by atomic mass is 9.91. The van der Waals surface area contributed by atoms with E-state index in [0.29, 0.717) is 5.56 Å². The van der Waals surface area contributed by atoms with E-state index in [1.807, 2.05) is 32.2 Å². The van der Waals surface area contributed by atoms with Crippen LogP contribution >= 0.6 is 0 Å². The molecule has 2 aromatic rings. The lowest BCUT2D eigenvalue weighted by Gasteiger charge is -2.43. The van der Waals surface area contributed by atoms with Crippen LogP contribution in [0.25, 0.3) is 0 Å². The van der Waals surface area contributed by atoms with E-state index in [1.165, 1.54) is 24.8 Å². The van der Waals surface area contributed by atoms with Crippen molar-refractivity contribution in [3.05, 3.63) is 41.3 Å². The average molecular weight is 423 g/mol. The van der Waals surface area contributed by atoms with Gasteiger partial charge in [0.15, 0.2) is 5.78 Å². The third-order valence-corrected chi connectivity index (χ3v) is 6.59. The van der Waals surface area contributed by atoms with E-state index < -0.39 is 0 Å². The van der Waals surface area contributed by atoms with Crippen LogP contribution in [0.15, 0.2) is 24.5 Å². The number of piperazine rings is 1. The molecule has 0 unspecified atom stereocenters. The van der Waals surface area contributed by atoms with Crippen molar-refractivity contribution in [1.29, 1.82) is 0 Å². The second kappa shape index (κ2) is 9.73. The molecule has 2 aromatic heterocycles. The Balaban J connectivity index is 0.00000112. The fourth-order valence-corrected chi connectivity index (χ4v) is 4.47. The van der Waals surface area contributed by atoms with Crippen molar-refractivity contribution >= 4 is 17.5 Å². The highest BCUT2D eigenvalue weighted by atomic mass is 16.1. The van der Waals surface area contributed by atoms with Gasteiger partial charge >= 0.3 is 0 Å². The van der Waals surface area contributed by atoms with Gasteiger partial charge in [-0.2, -0.15) is 0 Å². The van der Waals surface area contributed by atoms with Crippen LogP contribution in [0.4, 0.5) is 11.8 Å². The van der Waals surface area contributed by atoms with E-state index in [1.54, 1.807) is 13.1 Å². The maximum atomic E-state index is 11.5. The molecule has 0 N–H and O–H groups in total. The van der Waals surface area contributed by atoms with Crippen LogP contribution in [0, 0.1) is 0 Å². The predicted molar refractivity (Wildman–Crippen MR) is 124 cm³/mol. The number of pyridine rings is 1.